The lowest BCUT2D eigenvalue weighted by Crippen LogP contribution is -2.14. The highest BCUT2D eigenvalue weighted by molar-refractivity contribution is 9.10. The van der Waals surface area contributed by atoms with E-state index in [0.717, 1.165) is 30.5 Å². The van der Waals surface area contributed by atoms with Crippen LogP contribution >= 0.6 is 27.5 Å². The molecular formula is C19H18BrClN2O2S. The summed E-state index contributed by atoms with van der Waals surface area (Å²) in [7, 11) is -1.65. The number of rotatable bonds is 3. The van der Waals surface area contributed by atoms with Crippen LogP contribution in [0.25, 0.3) is 10.9 Å². The van der Waals surface area contributed by atoms with Crippen LogP contribution in [0.3, 0.4) is 0 Å². The lowest BCUT2D eigenvalue weighted by Gasteiger charge is -2.10. The molecule has 1 fully saturated rings. The van der Waals surface area contributed by atoms with Gasteiger partial charge in [-0.05, 0) is 71.7 Å². The molecular weight excluding hydrogens is 436 g/mol. The van der Waals surface area contributed by atoms with E-state index < -0.39 is 10.0 Å². The summed E-state index contributed by atoms with van der Waals surface area (Å²) in [5.74, 6) is 0.319. The zero-order chi connectivity index (χ0) is 18.5. The normalized spacial score (nSPS) is 18.7. The van der Waals surface area contributed by atoms with E-state index in [-0.39, 0.29) is 4.90 Å². The Morgan fingerprint density at radius 2 is 1.96 bits per heavy atom. The third kappa shape index (κ3) is 2.99. The Hall–Kier alpha value is -1.34. The van der Waals surface area contributed by atoms with Gasteiger partial charge in [0, 0.05) is 27.6 Å². The smallest absolute Gasteiger partial charge is 0.269 e. The number of aromatic nitrogens is 1. The van der Waals surface area contributed by atoms with E-state index in [1.165, 1.54) is 3.97 Å². The molecule has 1 aliphatic heterocycles. The minimum Gasteiger partial charge on any atom is -0.306 e. The van der Waals surface area contributed by atoms with Crippen molar-refractivity contribution in [3.63, 3.8) is 0 Å². The van der Waals surface area contributed by atoms with Gasteiger partial charge in [0.05, 0.1) is 5.52 Å². The summed E-state index contributed by atoms with van der Waals surface area (Å²) < 4.78 is 28.6. The third-order valence-electron chi connectivity index (χ3n) is 4.97. The van der Waals surface area contributed by atoms with Crippen LogP contribution in [0.15, 0.2) is 58.0 Å². The quantitative estimate of drug-likeness (QED) is 0.576. The van der Waals surface area contributed by atoms with Gasteiger partial charge in [-0.3, -0.25) is 0 Å². The van der Waals surface area contributed by atoms with E-state index in [0.29, 0.717) is 20.9 Å². The van der Waals surface area contributed by atoms with Gasteiger partial charge in [0.15, 0.2) is 0 Å². The Bertz CT molecular complexity index is 1090. The van der Waals surface area contributed by atoms with Crippen molar-refractivity contribution in [2.24, 2.45) is 0 Å². The Morgan fingerprint density at radius 3 is 2.65 bits per heavy atom. The molecule has 0 N–H and O–H groups in total. The molecule has 1 aliphatic rings. The zero-order valence-corrected chi connectivity index (χ0v) is 17.4. The fourth-order valence-corrected chi connectivity index (χ4v) is 6.17. The summed E-state index contributed by atoms with van der Waals surface area (Å²) in [6.07, 6.45) is 2.80. The van der Waals surface area contributed by atoms with Crippen LogP contribution in [-0.2, 0) is 10.0 Å². The first-order valence-corrected chi connectivity index (χ1v) is 11.0. The maximum absolute atomic E-state index is 13.4. The number of hydrogen-bond acceptors (Lipinski definition) is 3. The number of likely N-dealkylation sites (N-methyl/N-ethyl adjacent to an activating group) is 1. The Kier molecular flexibility index (Phi) is 4.63. The SMILES string of the molecule is CN1CC[C@@H](c2cn(S(=O)(=O)c3ccccc3Br)c3cc(Cl)ccc23)C1. The lowest BCUT2D eigenvalue weighted by atomic mass is 9.98. The summed E-state index contributed by atoms with van der Waals surface area (Å²) in [5, 5.41) is 1.47. The topological polar surface area (TPSA) is 42.3 Å². The highest BCUT2D eigenvalue weighted by Crippen LogP contribution is 2.36. The molecule has 0 aliphatic carbocycles. The Morgan fingerprint density at radius 1 is 1.19 bits per heavy atom. The maximum atomic E-state index is 13.4. The fraction of sp³-hybridized carbons (Fsp3) is 0.263. The lowest BCUT2D eigenvalue weighted by molar-refractivity contribution is 0.412. The molecule has 1 saturated heterocycles. The van der Waals surface area contributed by atoms with Gasteiger partial charge in [0.25, 0.3) is 10.0 Å². The number of benzene rings is 2. The molecule has 7 heteroatoms. The first-order chi connectivity index (χ1) is 12.4. The molecule has 0 bridgehead atoms. The highest BCUT2D eigenvalue weighted by Gasteiger charge is 2.28. The molecule has 26 heavy (non-hydrogen) atoms. The van der Waals surface area contributed by atoms with E-state index in [4.69, 9.17) is 11.6 Å². The Labute approximate surface area is 166 Å². The monoisotopic (exact) mass is 452 g/mol. The summed E-state index contributed by atoms with van der Waals surface area (Å²) >= 11 is 9.55. The van der Waals surface area contributed by atoms with Crippen LogP contribution in [0.2, 0.25) is 5.02 Å². The minimum absolute atomic E-state index is 0.243. The summed E-state index contributed by atoms with van der Waals surface area (Å²) in [5.41, 5.74) is 1.69. The van der Waals surface area contributed by atoms with Crippen LogP contribution in [0.4, 0.5) is 0 Å². The number of halogens is 2. The molecule has 0 radical (unpaired) electrons. The van der Waals surface area contributed by atoms with Gasteiger partial charge >= 0.3 is 0 Å². The molecule has 0 spiro atoms. The number of nitrogens with zero attached hydrogens (tertiary/aromatic N) is 2. The second kappa shape index (κ2) is 6.68. The second-order valence-electron chi connectivity index (χ2n) is 6.73. The van der Waals surface area contributed by atoms with E-state index in [9.17, 15) is 8.42 Å². The highest BCUT2D eigenvalue weighted by atomic mass is 79.9. The maximum Gasteiger partial charge on any atom is 0.269 e. The summed E-state index contributed by atoms with van der Waals surface area (Å²) in [6, 6.07) is 12.3. The van der Waals surface area contributed by atoms with Gasteiger partial charge in [0.2, 0.25) is 0 Å². The summed E-state index contributed by atoms with van der Waals surface area (Å²) in [6.45, 7) is 1.94. The van der Waals surface area contributed by atoms with Crippen molar-refractivity contribution in [1.82, 2.24) is 8.87 Å². The van der Waals surface area contributed by atoms with Gasteiger partial charge in [0.1, 0.15) is 4.90 Å². The van der Waals surface area contributed by atoms with Crippen LogP contribution in [0, 0.1) is 0 Å². The summed E-state index contributed by atoms with van der Waals surface area (Å²) in [4.78, 5) is 2.51. The van der Waals surface area contributed by atoms with E-state index in [1.54, 1.807) is 36.5 Å². The molecule has 1 atom stereocenters. The van der Waals surface area contributed by atoms with Crippen molar-refractivity contribution in [1.29, 1.82) is 0 Å². The molecule has 2 aromatic carbocycles. The zero-order valence-electron chi connectivity index (χ0n) is 14.2. The Balaban J connectivity index is 1.96. The number of likely N-dealkylation sites (tertiary alicyclic amines) is 1. The van der Waals surface area contributed by atoms with Crippen molar-refractivity contribution in [2.75, 3.05) is 20.1 Å². The van der Waals surface area contributed by atoms with Crippen LogP contribution in [-0.4, -0.2) is 37.4 Å². The van der Waals surface area contributed by atoms with Crippen molar-refractivity contribution in [3.05, 3.63) is 63.7 Å². The number of fused-ring (bicyclic) bond motifs is 1. The first-order valence-electron chi connectivity index (χ1n) is 8.37. The molecule has 1 aromatic heterocycles. The largest absolute Gasteiger partial charge is 0.306 e. The third-order valence-corrected chi connectivity index (χ3v) is 7.89. The predicted molar refractivity (Wildman–Crippen MR) is 109 cm³/mol. The minimum atomic E-state index is -3.74. The number of hydrogen-bond donors (Lipinski definition) is 0. The van der Waals surface area contributed by atoms with E-state index in [1.807, 2.05) is 12.1 Å². The van der Waals surface area contributed by atoms with Crippen LogP contribution in [0.1, 0.15) is 17.9 Å². The van der Waals surface area contributed by atoms with Crippen molar-refractivity contribution in [2.45, 2.75) is 17.2 Å². The van der Waals surface area contributed by atoms with Crippen LogP contribution in [0.5, 0.6) is 0 Å². The fourth-order valence-electron chi connectivity index (χ4n) is 3.67. The molecule has 0 saturated carbocycles. The molecule has 4 nitrogen and oxygen atoms in total. The average Bonchev–Trinajstić information content (AvgIpc) is 3.18. The first kappa shape index (κ1) is 18.0. The average molecular weight is 454 g/mol. The molecule has 3 aromatic rings. The molecule has 4 rings (SSSR count). The van der Waals surface area contributed by atoms with E-state index in [2.05, 4.69) is 27.9 Å². The van der Waals surface area contributed by atoms with Crippen LogP contribution < -0.4 is 0 Å². The van der Waals surface area contributed by atoms with Crippen molar-refractivity contribution in [3.8, 4) is 0 Å². The van der Waals surface area contributed by atoms with Gasteiger partial charge in [-0.25, -0.2) is 12.4 Å². The molecule has 2 heterocycles. The van der Waals surface area contributed by atoms with Gasteiger partial charge < -0.3 is 4.90 Å². The second-order valence-corrected chi connectivity index (χ2v) is 9.80. The van der Waals surface area contributed by atoms with Crippen molar-refractivity contribution >= 4 is 48.5 Å². The predicted octanol–water partition coefficient (Wildman–Crippen LogP) is 4.71. The van der Waals surface area contributed by atoms with Gasteiger partial charge in [-0.1, -0.05) is 29.8 Å². The molecule has 136 valence electrons. The van der Waals surface area contributed by atoms with E-state index >= 15 is 0 Å². The molecule has 0 unspecified atom stereocenters. The van der Waals surface area contributed by atoms with Crippen molar-refractivity contribution < 1.29 is 8.42 Å². The molecule has 0 amide bonds. The standard InChI is InChI=1S/C19H18BrClN2O2S/c1-22-9-8-13(11-22)16-12-23(18-10-14(21)6-7-15(16)18)26(24,25)19-5-3-2-4-17(19)20/h2-7,10,12-13H,8-9,11H2,1H3/t13-/m1/s1. The van der Waals surface area contributed by atoms with Gasteiger partial charge in [-0.15, -0.1) is 0 Å². The van der Waals surface area contributed by atoms with Gasteiger partial charge in [-0.2, -0.15) is 0 Å².